The van der Waals surface area contributed by atoms with E-state index in [-0.39, 0.29) is 18.5 Å². The van der Waals surface area contributed by atoms with Gasteiger partial charge in [0.25, 0.3) is 0 Å². The second kappa shape index (κ2) is 13.1. The summed E-state index contributed by atoms with van der Waals surface area (Å²) in [4.78, 5) is 28.0. The van der Waals surface area contributed by atoms with Crippen LogP contribution in [0.4, 0.5) is 5.69 Å². The van der Waals surface area contributed by atoms with E-state index in [9.17, 15) is 18.0 Å². The van der Waals surface area contributed by atoms with Gasteiger partial charge in [-0.2, -0.15) is 0 Å². The van der Waals surface area contributed by atoms with Crippen molar-refractivity contribution in [3.05, 3.63) is 60.2 Å². The Morgan fingerprint density at radius 3 is 2.14 bits per heavy atom. The molecule has 0 aliphatic carbocycles. The normalized spacial score (nSPS) is 12.2. The average Bonchev–Trinajstić information content (AvgIpc) is 2.80. The summed E-state index contributed by atoms with van der Waals surface area (Å²) in [6.07, 6.45) is 2.01. The van der Waals surface area contributed by atoms with E-state index in [1.54, 1.807) is 24.3 Å². The summed E-state index contributed by atoms with van der Waals surface area (Å²) in [5.74, 6) is -0.0844. The number of benzene rings is 2. The number of hydrogen-bond acceptors (Lipinski definition) is 5. The van der Waals surface area contributed by atoms with Crippen molar-refractivity contribution in [2.24, 2.45) is 0 Å². The Morgan fingerprint density at radius 1 is 1.00 bits per heavy atom. The maximum atomic E-state index is 13.6. The fourth-order valence-corrected chi connectivity index (χ4v) is 4.62. The van der Waals surface area contributed by atoms with Gasteiger partial charge in [0.2, 0.25) is 21.8 Å². The molecule has 0 heterocycles. The number of hydrogen-bond donors (Lipinski definition) is 1. The molecule has 0 spiro atoms. The molecule has 0 aliphatic heterocycles. The van der Waals surface area contributed by atoms with E-state index in [2.05, 4.69) is 5.32 Å². The quantitative estimate of drug-likeness (QED) is 0.453. The van der Waals surface area contributed by atoms with Crippen LogP contribution in [0.25, 0.3) is 0 Å². The number of amides is 2. The van der Waals surface area contributed by atoms with Gasteiger partial charge in [-0.3, -0.25) is 13.9 Å². The van der Waals surface area contributed by atoms with Crippen LogP contribution in [0, 0.1) is 0 Å². The lowest BCUT2D eigenvalue weighted by Gasteiger charge is -2.33. The molecule has 9 heteroatoms. The highest BCUT2D eigenvalue weighted by atomic mass is 32.2. The molecular formula is C26H37N3O5S. The molecule has 192 valence electrons. The van der Waals surface area contributed by atoms with Crippen LogP contribution < -0.4 is 14.4 Å². The summed E-state index contributed by atoms with van der Waals surface area (Å²) in [5, 5.41) is 2.88. The molecule has 2 aromatic carbocycles. The van der Waals surface area contributed by atoms with Crippen LogP contribution in [0.2, 0.25) is 0 Å². The van der Waals surface area contributed by atoms with Crippen LogP contribution >= 0.6 is 0 Å². The number of carbonyl (C=O) groups is 2. The van der Waals surface area contributed by atoms with Crippen LogP contribution in [0.1, 0.15) is 39.7 Å². The molecule has 2 amide bonds. The molecule has 2 aromatic rings. The van der Waals surface area contributed by atoms with Gasteiger partial charge in [-0.25, -0.2) is 8.42 Å². The lowest BCUT2D eigenvalue weighted by Crippen LogP contribution is -2.54. The third-order valence-electron chi connectivity index (χ3n) is 5.42. The molecule has 0 saturated heterocycles. The highest BCUT2D eigenvalue weighted by Crippen LogP contribution is 2.22. The topological polar surface area (TPSA) is 96.0 Å². The molecule has 0 fully saturated rings. The largest absolute Gasteiger partial charge is 0.494 e. The summed E-state index contributed by atoms with van der Waals surface area (Å²) in [6.45, 7) is 7.78. The van der Waals surface area contributed by atoms with Gasteiger partial charge in [-0.05, 0) is 63.4 Å². The molecule has 0 unspecified atom stereocenters. The molecule has 0 saturated carbocycles. The third kappa shape index (κ3) is 8.58. The lowest BCUT2D eigenvalue weighted by atomic mass is 10.1. The van der Waals surface area contributed by atoms with Crippen molar-refractivity contribution < 1.29 is 22.7 Å². The molecule has 1 N–H and O–H groups in total. The van der Waals surface area contributed by atoms with Gasteiger partial charge in [0.05, 0.1) is 18.6 Å². The first-order valence-corrected chi connectivity index (χ1v) is 13.8. The van der Waals surface area contributed by atoms with Crippen molar-refractivity contribution in [2.75, 3.05) is 30.3 Å². The average molecular weight is 504 g/mol. The van der Waals surface area contributed by atoms with Crippen LogP contribution in [-0.4, -0.2) is 63.2 Å². The molecule has 1 atom stereocenters. The number of nitrogens with zero attached hydrogens (tertiary/aromatic N) is 2. The molecule has 0 aromatic heterocycles. The number of nitrogens with one attached hydrogen (secondary N) is 1. The van der Waals surface area contributed by atoms with Gasteiger partial charge in [-0.1, -0.05) is 37.3 Å². The first kappa shape index (κ1) is 28.2. The Kier molecular flexibility index (Phi) is 10.6. The van der Waals surface area contributed by atoms with Crippen molar-refractivity contribution in [3.8, 4) is 5.75 Å². The van der Waals surface area contributed by atoms with Crippen molar-refractivity contribution >= 4 is 27.5 Å². The minimum absolute atomic E-state index is 0.0843. The summed E-state index contributed by atoms with van der Waals surface area (Å²) in [6, 6.07) is 15.4. The molecule has 0 bridgehead atoms. The standard InChI is InChI=1S/C26H37N3O5S/c1-6-24(26(31)27-20(3)4)28(18-17-21-11-9-8-10-12-21)25(30)19-29(35(5,32)33)22-13-15-23(16-14-22)34-7-2/h8-16,20,24H,6-7,17-19H2,1-5H3,(H,27,31)/t24-/m1/s1. The molecule has 35 heavy (non-hydrogen) atoms. The number of rotatable bonds is 13. The third-order valence-corrected chi connectivity index (χ3v) is 6.56. The zero-order valence-corrected chi connectivity index (χ0v) is 22.0. The van der Waals surface area contributed by atoms with Crippen molar-refractivity contribution in [3.63, 3.8) is 0 Å². The van der Waals surface area contributed by atoms with Gasteiger partial charge in [-0.15, -0.1) is 0 Å². The molecule has 0 aliphatic rings. The maximum absolute atomic E-state index is 13.6. The van der Waals surface area contributed by atoms with Crippen molar-refractivity contribution in [2.45, 2.75) is 52.6 Å². The van der Waals surface area contributed by atoms with E-state index < -0.39 is 28.5 Å². The fourth-order valence-electron chi connectivity index (χ4n) is 3.77. The number of ether oxygens (including phenoxy) is 1. The zero-order chi connectivity index (χ0) is 26.0. The second-order valence-electron chi connectivity index (χ2n) is 8.61. The van der Waals surface area contributed by atoms with E-state index in [4.69, 9.17) is 4.74 Å². The molecule has 0 radical (unpaired) electrons. The summed E-state index contributed by atoms with van der Waals surface area (Å²) >= 11 is 0. The van der Waals surface area contributed by atoms with E-state index >= 15 is 0 Å². The Hall–Kier alpha value is -3.07. The Balaban J connectivity index is 2.34. The highest BCUT2D eigenvalue weighted by Gasteiger charge is 2.31. The Bertz CT molecular complexity index is 1060. The monoisotopic (exact) mass is 503 g/mol. The van der Waals surface area contributed by atoms with E-state index in [1.807, 2.05) is 58.0 Å². The summed E-state index contributed by atoms with van der Waals surface area (Å²) < 4.78 is 31.8. The zero-order valence-electron chi connectivity index (χ0n) is 21.2. The van der Waals surface area contributed by atoms with Gasteiger partial charge in [0, 0.05) is 12.6 Å². The predicted octanol–water partition coefficient (Wildman–Crippen LogP) is 3.23. The van der Waals surface area contributed by atoms with Gasteiger partial charge in [0.15, 0.2) is 0 Å². The maximum Gasteiger partial charge on any atom is 0.244 e. The van der Waals surface area contributed by atoms with Gasteiger partial charge >= 0.3 is 0 Å². The molecular weight excluding hydrogens is 466 g/mol. The molecule has 2 rings (SSSR count). The molecule has 8 nitrogen and oxygen atoms in total. The number of anilines is 1. The number of sulfonamides is 1. The van der Waals surface area contributed by atoms with Crippen molar-refractivity contribution in [1.29, 1.82) is 0 Å². The fraction of sp³-hybridized carbons (Fsp3) is 0.462. The second-order valence-corrected chi connectivity index (χ2v) is 10.5. The van der Waals surface area contributed by atoms with Crippen LogP contribution in [0.15, 0.2) is 54.6 Å². The van der Waals surface area contributed by atoms with Crippen molar-refractivity contribution in [1.82, 2.24) is 10.2 Å². The number of carbonyl (C=O) groups excluding carboxylic acids is 2. The van der Waals surface area contributed by atoms with Gasteiger partial charge in [0.1, 0.15) is 18.3 Å². The van der Waals surface area contributed by atoms with E-state index in [0.29, 0.717) is 30.9 Å². The van der Waals surface area contributed by atoms with Crippen LogP contribution in [0.3, 0.4) is 0 Å². The minimum Gasteiger partial charge on any atom is -0.494 e. The lowest BCUT2D eigenvalue weighted by molar-refractivity contribution is -0.139. The van der Waals surface area contributed by atoms with E-state index in [0.717, 1.165) is 16.1 Å². The Morgan fingerprint density at radius 2 is 1.63 bits per heavy atom. The first-order chi connectivity index (χ1) is 16.6. The summed E-state index contributed by atoms with van der Waals surface area (Å²) in [7, 11) is -3.77. The SMILES string of the molecule is CCOc1ccc(N(CC(=O)N(CCc2ccccc2)[C@H](CC)C(=O)NC(C)C)S(C)(=O)=O)cc1. The highest BCUT2D eigenvalue weighted by molar-refractivity contribution is 7.92. The predicted molar refractivity (Wildman–Crippen MR) is 139 cm³/mol. The summed E-state index contributed by atoms with van der Waals surface area (Å²) in [5.41, 5.74) is 1.38. The Labute approximate surface area is 209 Å². The van der Waals surface area contributed by atoms with Crippen LogP contribution in [-0.2, 0) is 26.0 Å². The van der Waals surface area contributed by atoms with Crippen LogP contribution in [0.5, 0.6) is 5.75 Å². The first-order valence-electron chi connectivity index (χ1n) is 11.9. The smallest absolute Gasteiger partial charge is 0.244 e. The van der Waals surface area contributed by atoms with Gasteiger partial charge < -0.3 is 15.0 Å². The minimum atomic E-state index is -3.77. The van der Waals surface area contributed by atoms with E-state index in [1.165, 1.54) is 4.90 Å².